The number of aliphatic hydroxyl groups excluding tert-OH is 6. The smallest absolute Gasteiger partial charge is 0.168 e. The fraction of sp³-hybridized carbons (Fsp3) is 0.378. The summed E-state index contributed by atoms with van der Waals surface area (Å²) in [6.07, 6.45) is 34.4. The van der Waals surface area contributed by atoms with Crippen LogP contribution in [0.1, 0.15) is 244 Å². The molecule has 2 atom stereocenters. The van der Waals surface area contributed by atoms with Crippen LogP contribution in [0.5, 0.6) is 5.75 Å². The van der Waals surface area contributed by atoms with Crippen LogP contribution < -0.4 is 10.5 Å². The number of furan rings is 4. The Hall–Kier alpha value is -11.3. The van der Waals surface area contributed by atoms with Crippen molar-refractivity contribution >= 4 is 78.7 Å². The molecule has 0 fully saturated rings. The third kappa shape index (κ3) is 76.7. The van der Waals surface area contributed by atoms with Crippen molar-refractivity contribution in [2.75, 3.05) is 13.7 Å². The Kier molecular flexibility index (Phi) is 97.1. The third-order valence-electron chi connectivity index (χ3n) is 17.8. The number of H-pyrrole nitrogens is 2. The van der Waals surface area contributed by atoms with E-state index in [1.165, 1.54) is 82.8 Å². The van der Waals surface area contributed by atoms with Gasteiger partial charge in [-0.2, -0.15) is 34.0 Å². The first-order valence-corrected chi connectivity index (χ1v) is 51.3. The summed E-state index contributed by atoms with van der Waals surface area (Å²) >= 11 is 6.73. The van der Waals surface area contributed by atoms with E-state index >= 15 is 0 Å². The zero-order chi connectivity index (χ0) is 106. The zero-order valence-corrected chi connectivity index (χ0v) is 91.8. The number of benzene rings is 2. The van der Waals surface area contributed by atoms with Gasteiger partial charge < -0.3 is 77.8 Å². The number of allylic oxidation sites excluding steroid dienone is 4. The summed E-state index contributed by atoms with van der Waals surface area (Å²) in [4.78, 5) is 49.0. The number of nitrogens with one attached hydrogen (secondary N) is 2. The molecule has 0 amide bonds. The molecular formula is C111H167N7O15S4Si. The van der Waals surface area contributed by atoms with Gasteiger partial charge in [0.2, 0.25) is 0 Å². The van der Waals surface area contributed by atoms with Crippen molar-refractivity contribution < 1.29 is 72.2 Å². The molecule has 0 saturated heterocycles. The number of aromatic nitrogens is 3. The molecule has 11 heterocycles. The first-order chi connectivity index (χ1) is 65.7. The van der Waals surface area contributed by atoms with Gasteiger partial charge in [0.05, 0.1) is 88.1 Å². The molecule has 764 valence electrons. The van der Waals surface area contributed by atoms with E-state index in [1.807, 2.05) is 168 Å². The van der Waals surface area contributed by atoms with Crippen molar-refractivity contribution in [1.29, 1.82) is 0 Å². The number of para-hydroxylation sites is 1. The fourth-order valence-electron chi connectivity index (χ4n) is 10.4. The Morgan fingerprint density at radius 1 is 0.580 bits per heavy atom. The highest BCUT2D eigenvalue weighted by Gasteiger charge is 2.44. The van der Waals surface area contributed by atoms with Gasteiger partial charge in [-0.25, -0.2) is 0 Å². The number of carbonyl (C=O) groups excluding carboxylic acids is 4. The molecule has 0 aliphatic carbocycles. The summed E-state index contributed by atoms with van der Waals surface area (Å²) in [5, 5.41) is 67.0. The molecule has 13 aromatic rings. The lowest BCUT2D eigenvalue weighted by molar-refractivity contribution is -0.106. The van der Waals surface area contributed by atoms with Crippen molar-refractivity contribution in [3.63, 3.8) is 0 Å². The topological polar surface area (TPSA) is 363 Å². The highest BCUT2D eigenvalue weighted by molar-refractivity contribution is 7.10. The molecule has 2 unspecified atom stereocenters. The minimum Gasteiger partial charge on any atom is -0.497 e. The molecule has 27 heteroatoms. The average molecular weight is 2000 g/mol. The number of aldehydes is 4. The first-order valence-electron chi connectivity index (χ1n) is 45.4. The number of thiophene rings is 4. The van der Waals surface area contributed by atoms with Gasteiger partial charge in [-0.15, -0.1) is 30.2 Å². The van der Waals surface area contributed by atoms with Crippen LogP contribution in [-0.4, -0.2) is 110 Å². The number of methoxy groups -OCH3 is 1. The fourth-order valence-corrected chi connectivity index (χ4v) is 20.1. The second-order valence-electron chi connectivity index (χ2n) is 30.7. The molecule has 13 rings (SSSR count). The largest absolute Gasteiger partial charge is 0.497 e. The van der Waals surface area contributed by atoms with Crippen molar-refractivity contribution in [3.05, 3.63) is 387 Å². The van der Waals surface area contributed by atoms with E-state index < -0.39 is 14.3 Å². The SMILES string of the molecule is C/C=C/CC.C=C=CC.C=CC.C=CC(C)O.CC(C)O.CC(O)CO.CC=O.CCc1ccccc1.CCc1cccs1.COc1ccccc1.Cc1cc[nH]c1.Cc1ccc[nH]1.Cc1ccn([Si](C(C)C)(C(C)C)C(C)C)c1.Cc1cocc1C=O.Cc1cocc1CO.Cc1cscc1C=O.Cc1cscc1CN.Cc1cscc1CN=[N+]=[N-].Cc1occc1C=O.Cc1occc1CO. The van der Waals surface area contributed by atoms with Gasteiger partial charge in [-0.1, -0.05) is 153 Å². The van der Waals surface area contributed by atoms with Gasteiger partial charge >= 0.3 is 0 Å². The Morgan fingerprint density at radius 3 is 1.28 bits per heavy atom. The van der Waals surface area contributed by atoms with E-state index in [0.29, 0.717) is 30.0 Å². The van der Waals surface area contributed by atoms with Crippen LogP contribution >= 0.6 is 45.3 Å². The van der Waals surface area contributed by atoms with Crippen LogP contribution in [0.4, 0.5) is 0 Å². The van der Waals surface area contributed by atoms with Crippen LogP contribution in [0.3, 0.4) is 0 Å². The van der Waals surface area contributed by atoms with Crippen LogP contribution in [0, 0.1) is 69.2 Å². The number of hydrogen-bond donors (Lipinski definition) is 9. The predicted octanol–water partition coefficient (Wildman–Crippen LogP) is 30.0. The van der Waals surface area contributed by atoms with Gasteiger partial charge in [-0.05, 0) is 327 Å². The molecule has 0 saturated carbocycles. The Bertz CT molecular complexity index is 4690. The van der Waals surface area contributed by atoms with E-state index in [1.54, 1.807) is 118 Å². The quantitative estimate of drug-likeness (QED) is 0.00733. The highest BCUT2D eigenvalue weighted by atomic mass is 32.1. The molecule has 0 aliphatic heterocycles. The first kappa shape index (κ1) is 140. The van der Waals surface area contributed by atoms with Gasteiger partial charge in [-0.3, -0.25) is 14.4 Å². The van der Waals surface area contributed by atoms with Crippen molar-refractivity contribution in [2.24, 2.45) is 10.8 Å². The summed E-state index contributed by atoms with van der Waals surface area (Å²) in [5.74, 6) is 2.39. The molecule has 0 bridgehead atoms. The lowest BCUT2D eigenvalue weighted by Gasteiger charge is -2.44. The monoisotopic (exact) mass is 1990 g/mol. The van der Waals surface area contributed by atoms with Gasteiger partial charge in [0, 0.05) is 68.8 Å². The number of aromatic amines is 2. The third-order valence-corrected chi connectivity index (χ3v) is 28.2. The lowest BCUT2D eigenvalue weighted by atomic mass is 10.2. The number of rotatable bonds is 18. The molecule has 2 aromatic carbocycles. The Labute approximate surface area is 844 Å². The Morgan fingerprint density at radius 2 is 1.07 bits per heavy atom. The summed E-state index contributed by atoms with van der Waals surface area (Å²) in [5.41, 5.74) is 35.3. The van der Waals surface area contributed by atoms with E-state index in [4.69, 9.17) is 69.1 Å². The second kappa shape index (κ2) is 96.0. The molecule has 138 heavy (non-hydrogen) atoms. The summed E-state index contributed by atoms with van der Waals surface area (Å²) in [6.45, 7) is 65.5. The number of nitrogens with zero attached hydrogens (tertiary/aromatic N) is 4. The highest BCUT2D eigenvalue weighted by Crippen LogP contribution is 2.42. The van der Waals surface area contributed by atoms with Gasteiger partial charge in [0.25, 0.3) is 0 Å². The van der Waals surface area contributed by atoms with Crippen LogP contribution in [-0.2, 0) is 43.9 Å². The number of aliphatic hydroxyl groups is 6. The van der Waals surface area contributed by atoms with Crippen molar-refractivity contribution in [1.82, 2.24) is 14.2 Å². The molecule has 22 nitrogen and oxygen atoms in total. The number of aryl methyl sites for hydroxylation is 12. The Balaban J connectivity index is -0.000000265. The number of ether oxygens (including phenoxy) is 1. The molecule has 0 spiro atoms. The molecule has 10 N–H and O–H groups in total. The summed E-state index contributed by atoms with van der Waals surface area (Å²) < 4.78 is 26.7. The standard InChI is InChI=1S/C14H27NSi.C8H10.C7H8O.C6H7N3S.C6H9NS.C6H8O2.C6H6O2.C6H8O2.C6H6O2.C6H6OS.C6H8S.2C5H7N.C5H10.C4H8O.C4H6.C3H8O2.C3H8O.C3H6.C2H4O/c1-11(2)16(12(3)4,13(5)6)15-9-8-14(7)10-15;1-2-8-6-4-3-5-7-8;1-8-7-5-3-2-4-6-7;1-5-3-10-4-6(5)2-8-9-7;3*1-5-3-8-4-6(5)2-7;2*1-5-6(4-7)2-3-8-5;1-5-3-8-4-6(5)2-7;1-2-6-4-3-5-7-6;1-5-2-3-6-4-5;1-5-3-2-4-6-5;1-3-5-4-2;1-3-4(2)5;1-3-4-2;1-3(5)2-4;1-3(2)4;1-3-2;1-2-3/h8-13H,1-7H3;3-7H,2H2,1H3;2-6H,1H3;3-4H,2H2,1H3;3-4H,2,7H2,1H3;3-4,7H,2H2,1H3;2-4H,1H3;2-3,7H,4H2,1H3;2*2-4H,1H3;3-5H,2H2,1H3;2*2-4,6H,1H3;3,5H,4H2,1-2H3;3-5H,1H2,2H3;4H,1H2,2H3;3-5H,2H2,1H3;3-4H,1-2H3;3H,1H2,2H3;2H,1H3/b;;;;;;;;;;;;;5-3+;;;;;;. The van der Waals surface area contributed by atoms with E-state index in [2.05, 4.69) is 216 Å². The van der Waals surface area contributed by atoms with Crippen molar-refractivity contribution in [2.45, 2.75) is 267 Å². The second-order valence-corrected chi connectivity index (χ2v) is 39.7. The minimum atomic E-state index is -1.47. The van der Waals surface area contributed by atoms with Crippen LogP contribution in [0.15, 0.2) is 294 Å². The van der Waals surface area contributed by atoms with Gasteiger partial charge in [0.15, 0.2) is 27.1 Å². The summed E-state index contributed by atoms with van der Waals surface area (Å²) in [7, 11) is 0.196. The predicted molar refractivity (Wildman–Crippen MR) is 589 cm³/mol. The molecular weight excluding hydrogens is 1830 g/mol. The number of hydrogen-bond acceptors (Lipinski definition) is 21. The molecule has 0 radical (unpaired) electrons. The maximum atomic E-state index is 10.1. The minimum absolute atomic E-state index is 0.0718. The molecule has 0 aliphatic rings. The van der Waals surface area contributed by atoms with Gasteiger partial charge in [0.1, 0.15) is 29.8 Å². The average Bonchev–Trinajstić information content (AvgIpc) is 1.77. The van der Waals surface area contributed by atoms with Crippen LogP contribution in [0.2, 0.25) is 16.6 Å². The number of nitrogens with two attached hydrogens (primary N) is 1. The van der Waals surface area contributed by atoms with Crippen molar-refractivity contribution in [3.8, 4) is 5.75 Å². The van der Waals surface area contributed by atoms with E-state index in [-0.39, 0.29) is 32.0 Å². The number of azide groups is 1. The van der Waals surface area contributed by atoms with Crippen LogP contribution in [0.25, 0.3) is 10.4 Å². The number of carbonyl (C=O) groups is 4. The normalized spacial score (nSPS) is 9.70. The zero-order valence-electron chi connectivity index (χ0n) is 87.6. The summed E-state index contributed by atoms with van der Waals surface area (Å²) in [6, 6.07) is 36.1. The maximum Gasteiger partial charge on any atom is 0.168 e. The lowest BCUT2D eigenvalue weighted by Crippen LogP contribution is -2.51. The van der Waals surface area contributed by atoms with E-state index in [0.717, 1.165) is 105 Å². The molecule has 11 aromatic heterocycles. The van der Waals surface area contributed by atoms with E-state index in [9.17, 15) is 14.4 Å². The maximum absolute atomic E-state index is 10.1.